The third kappa shape index (κ3) is 7.18. The van der Waals surface area contributed by atoms with Crippen molar-refractivity contribution in [1.82, 2.24) is 14.5 Å². The molecule has 0 radical (unpaired) electrons. The summed E-state index contributed by atoms with van der Waals surface area (Å²) < 4.78 is 1.73. The average molecular weight is 540 g/mol. The van der Waals surface area contributed by atoms with Gasteiger partial charge in [0, 0.05) is 13.0 Å². The summed E-state index contributed by atoms with van der Waals surface area (Å²) in [6, 6.07) is 21.4. The van der Waals surface area contributed by atoms with E-state index in [9.17, 15) is 9.59 Å². The number of nitrogens with zero attached hydrogens (tertiary/aromatic N) is 3. The summed E-state index contributed by atoms with van der Waals surface area (Å²) in [5, 5.41) is 2.77. The van der Waals surface area contributed by atoms with Gasteiger partial charge in [-0.2, -0.15) is 0 Å². The fourth-order valence-corrected chi connectivity index (χ4v) is 5.58. The summed E-state index contributed by atoms with van der Waals surface area (Å²) in [4.78, 5) is 34.7. The molecule has 5 heteroatoms. The Morgan fingerprint density at radius 3 is 2.23 bits per heavy atom. The Labute approximate surface area is 239 Å². The predicted molar refractivity (Wildman–Crippen MR) is 167 cm³/mol. The molecule has 5 nitrogen and oxygen atoms in total. The zero-order chi connectivity index (χ0) is 28.3. The fraction of sp³-hybridized carbons (Fsp3) is 0.457. The van der Waals surface area contributed by atoms with Gasteiger partial charge in [0.05, 0.1) is 22.6 Å². The minimum atomic E-state index is -0.335. The minimum Gasteiger partial charge on any atom is -0.333 e. The van der Waals surface area contributed by atoms with Gasteiger partial charge in [-0.05, 0) is 54.8 Å². The maximum Gasteiger partial charge on any atom is 0.266 e. The molecule has 3 aromatic carbocycles. The van der Waals surface area contributed by atoms with Crippen LogP contribution >= 0.6 is 0 Å². The molecule has 0 N–H and O–H groups in total. The molecule has 1 amide bonds. The molecule has 0 fully saturated rings. The number of amides is 1. The molecule has 212 valence electrons. The van der Waals surface area contributed by atoms with E-state index >= 15 is 0 Å². The Kier molecular flexibility index (Phi) is 10.9. The normalized spacial score (nSPS) is 12.2. The van der Waals surface area contributed by atoms with E-state index in [1.54, 1.807) is 4.57 Å². The van der Waals surface area contributed by atoms with Crippen LogP contribution in [0.2, 0.25) is 0 Å². The van der Waals surface area contributed by atoms with Crippen molar-refractivity contribution in [3.05, 3.63) is 82.9 Å². The molecule has 1 atom stereocenters. The van der Waals surface area contributed by atoms with E-state index in [0.717, 1.165) is 55.0 Å². The van der Waals surface area contributed by atoms with Crippen molar-refractivity contribution in [2.45, 2.75) is 97.4 Å². The number of aromatic nitrogens is 2. The molecule has 0 saturated heterocycles. The third-order valence-corrected chi connectivity index (χ3v) is 7.95. The quantitative estimate of drug-likeness (QED) is 0.142. The van der Waals surface area contributed by atoms with E-state index in [-0.39, 0.29) is 17.5 Å². The van der Waals surface area contributed by atoms with Crippen molar-refractivity contribution in [2.24, 2.45) is 0 Å². The molecule has 0 bridgehead atoms. The van der Waals surface area contributed by atoms with Crippen LogP contribution in [0.4, 0.5) is 0 Å². The second-order valence-electron chi connectivity index (χ2n) is 11.0. The van der Waals surface area contributed by atoms with Crippen LogP contribution in [-0.2, 0) is 4.79 Å². The molecule has 0 aliphatic heterocycles. The highest BCUT2D eigenvalue weighted by Crippen LogP contribution is 2.26. The molecule has 4 aromatic rings. The summed E-state index contributed by atoms with van der Waals surface area (Å²) in [6.45, 7) is 7.13. The number of hydrogen-bond donors (Lipinski definition) is 0. The maximum atomic E-state index is 14.0. The molecule has 0 saturated carbocycles. The molecule has 0 aliphatic carbocycles. The highest BCUT2D eigenvalue weighted by molar-refractivity contribution is 5.85. The Bertz CT molecular complexity index is 1460. The molecular formula is C35H45N3O2. The van der Waals surface area contributed by atoms with Crippen LogP contribution < -0.4 is 5.56 Å². The number of fused-ring (bicyclic) bond motifs is 2. The summed E-state index contributed by atoms with van der Waals surface area (Å²) in [7, 11) is 0. The standard InChI is InChI=1S/C35H45N3O2/c1-4-6-8-10-11-12-22-33(39)37(25-17-9-7-5-2)27(3)34-36-32-21-16-15-20-31(32)35(40)38(34)30-24-23-28-18-13-14-19-29(28)26-30/h13-16,18-21,23-24,26-27H,4-12,17,22,25H2,1-3H3. The largest absolute Gasteiger partial charge is 0.333 e. The molecule has 1 unspecified atom stereocenters. The van der Waals surface area contributed by atoms with Crippen molar-refractivity contribution in [1.29, 1.82) is 0 Å². The minimum absolute atomic E-state index is 0.1000. The van der Waals surface area contributed by atoms with Crippen molar-refractivity contribution in [3.8, 4) is 5.69 Å². The lowest BCUT2D eigenvalue weighted by Crippen LogP contribution is -2.38. The smallest absolute Gasteiger partial charge is 0.266 e. The Morgan fingerprint density at radius 1 is 0.800 bits per heavy atom. The Hall–Kier alpha value is -3.47. The zero-order valence-electron chi connectivity index (χ0n) is 24.6. The first-order chi connectivity index (χ1) is 19.5. The highest BCUT2D eigenvalue weighted by Gasteiger charge is 2.26. The van der Waals surface area contributed by atoms with Crippen LogP contribution in [0.5, 0.6) is 0 Å². The predicted octanol–water partition coefficient (Wildman–Crippen LogP) is 8.76. The van der Waals surface area contributed by atoms with Gasteiger partial charge in [-0.1, -0.05) is 108 Å². The number of para-hydroxylation sites is 1. The number of benzene rings is 3. The summed E-state index contributed by atoms with van der Waals surface area (Å²) in [5.74, 6) is 0.776. The number of carbonyl (C=O) groups is 1. The van der Waals surface area contributed by atoms with E-state index in [0.29, 0.717) is 29.7 Å². The SMILES string of the molecule is CCCCCCCCC(=O)N(CCCCCC)C(C)c1nc2ccccc2c(=O)n1-c1ccc2ccccc2c1. The van der Waals surface area contributed by atoms with Gasteiger partial charge in [0.1, 0.15) is 5.82 Å². The lowest BCUT2D eigenvalue weighted by Gasteiger charge is -2.31. The van der Waals surface area contributed by atoms with Gasteiger partial charge in [-0.25, -0.2) is 4.98 Å². The molecule has 4 rings (SSSR count). The maximum absolute atomic E-state index is 14.0. The van der Waals surface area contributed by atoms with Crippen LogP contribution in [0.3, 0.4) is 0 Å². The van der Waals surface area contributed by atoms with E-state index in [1.807, 2.05) is 66.4 Å². The fourth-order valence-electron chi connectivity index (χ4n) is 5.58. The highest BCUT2D eigenvalue weighted by atomic mass is 16.2. The van der Waals surface area contributed by atoms with Crippen molar-refractivity contribution >= 4 is 27.6 Å². The first-order valence-corrected chi connectivity index (χ1v) is 15.4. The van der Waals surface area contributed by atoms with Crippen LogP contribution in [0.25, 0.3) is 27.4 Å². The van der Waals surface area contributed by atoms with E-state index < -0.39 is 0 Å². The monoisotopic (exact) mass is 539 g/mol. The van der Waals surface area contributed by atoms with E-state index in [4.69, 9.17) is 4.98 Å². The van der Waals surface area contributed by atoms with Gasteiger partial charge in [0.2, 0.25) is 5.91 Å². The molecule has 0 spiro atoms. The van der Waals surface area contributed by atoms with Gasteiger partial charge >= 0.3 is 0 Å². The van der Waals surface area contributed by atoms with Gasteiger partial charge < -0.3 is 4.90 Å². The van der Waals surface area contributed by atoms with Crippen LogP contribution in [0, 0.1) is 0 Å². The molecule has 0 aliphatic rings. The van der Waals surface area contributed by atoms with Gasteiger partial charge in [0.25, 0.3) is 5.56 Å². The van der Waals surface area contributed by atoms with E-state index in [1.165, 1.54) is 25.7 Å². The van der Waals surface area contributed by atoms with Crippen molar-refractivity contribution in [2.75, 3.05) is 6.54 Å². The molecule has 40 heavy (non-hydrogen) atoms. The first kappa shape index (κ1) is 29.5. The molecule has 1 aromatic heterocycles. The summed E-state index contributed by atoms with van der Waals surface area (Å²) in [5.41, 5.74) is 1.34. The topological polar surface area (TPSA) is 55.2 Å². The lowest BCUT2D eigenvalue weighted by atomic mass is 10.1. The Morgan fingerprint density at radius 2 is 1.45 bits per heavy atom. The molecule has 1 heterocycles. The average Bonchev–Trinajstić information content (AvgIpc) is 2.98. The summed E-state index contributed by atoms with van der Waals surface area (Å²) in [6.07, 6.45) is 11.8. The second-order valence-corrected chi connectivity index (χ2v) is 11.0. The lowest BCUT2D eigenvalue weighted by molar-refractivity contribution is -0.133. The van der Waals surface area contributed by atoms with Gasteiger partial charge in [0.15, 0.2) is 0 Å². The second kappa shape index (κ2) is 14.8. The molecular weight excluding hydrogens is 494 g/mol. The van der Waals surface area contributed by atoms with Crippen molar-refractivity contribution < 1.29 is 4.79 Å². The van der Waals surface area contributed by atoms with E-state index in [2.05, 4.69) is 26.0 Å². The van der Waals surface area contributed by atoms with Gasteiger partial charge in [-0.15, -0.1) is 0 Å². The van der Waals surface area contributed by atoms with Crippen LogP contribution in [-0.4, -0.2) is 26.9 Å². The number of rotatable bonds is 15. The first-order valence-electron chi connectivity index (χ1n) is 15.4. The number of hydrogen-bond acceptors (Lipinski definition) is 3. The number of unbranched alkanes of at least 4 members (excludes halogenated alkanes) is 8. The third-order valence-electron chi connectivity index (χ3n) is 7.95. The zero-order valence-corrected chi connectivity index (χ0v) is 24.6. The van der Waals surface area contributed by atoms with Gasteiger partial charge in [-0.3, -0.25) is 14.2 Å². The van der Waals surface area contributed by atoms with Crippen molar-refractivity contribution in [3.63, 3.8) is 0 Å². The number of carbonyl (C=O) groups excluding carboxylic acids is 1. The summed E-state index contributed by atoms with van der Waals surface area (Å²) >= 11 is 0. The Balaban J connectivity index is 1.71. The van der Waals surface area contributed by atoms with Crippen LogP contribution in [0.1, 0.15) is 103 Å². The van der Waals surface area contributed by atoms with Crippen LogP contribution in [0.15, 0.2) is 71.5 Å².